The van der Waals surface area contributed by atoms with Crippen LogP contribution in [0.2, 0.25) is 0 Å². The number of alkyl halides is 1. The van der Waals surface area contributed by atoms with E-state index in [9.17, 15) is 4.79 Å². The highest BCUT2D eigenvalue weighted by Crippen LogP contribution is 2.40. The minimum atomic E-state index is -0.612. The standard InChI is InChI=1S/C10H15BrO5/c1-5(12)13-4-6-7-8(9(11)14-6)16-10(2,3)15-7/h6-9H,4H2,1-3H3/t6-,7-,8-,9-/m1/s1. The van der Waals surface area contributed by atoms with E-state index in [1.54, 1.807) is 0 Å². The first-order valence-corrected chi connectivity index (χ1v) is 6.09. The summed E-state index contributed by atoms with van der Waals surface area (Å²) in [5, 5.41) is -0.222. The van der Waals surface area contributed by atoms with Crippen LogP contribution in [0.4, 0.5) is 0 Å². The maximum atomic E-state index is 10.7. The van der Waals surface area contributed by atoms with Gasteiger partial charge in [0.2, 0.25) is 0 Å². The van der Waals surface area contributed by atoms with Crippen LogP contribution in [0.5, 0.6) is 0 Å². The SMILES string of the molecule is CC(=O)OC[C@H]1O[C@@H](Br)[C@@H]2OC(C)(C)O[C@@H]21. The normalized spacial score (nSPS) is 40.8. The van der Waals surface area contributed by atoms with Gasteiger partial charge in [0.15, 0.2) is 5.79 Å². The summed E-state index contributed by atoms with van der Waals surface area (Å²) in [4.78, 5) is 10.7. The van der Waals surface area contributed by atoms with Gasteiger partial charge in [0.25, 0.3) is 0 Å². The Labute approximate surface area is 102 Å². The second kappa shape index (κ2) is 4.25. The number of fused-ring (bicyclic) bond motifs is 1. The maximum absolute atomic E-state index is 10.7. The largest absolute Gasteiger partial charge is 0.463 e. The number of carbonyl (C=O) groups is 1. The lowest BCUT2D eigenvalue weighted by molar-refractivity contribution is -0.183. The molecule has 6 heteroatoms. The van der Waals surface area contributed by atoms with Crippen molar-refractivity contribution in [3.8, 4) is 0 Å². The third-order valence-corrected chi connectivity index (χ3v) is 3.28. The summed E-state index contributed by atoms with van der Waals surface area (Å²) < 4.78 is 21.9. The van der Waals surface area contributed by atoms with Gasteiger partial charge in [-0.05, 0) is 13.8 Å². The van der Waals surface area contributed by atoms with Gasteiger partial charge in [-0.3, -0.25) is 4.79 Å². The molecule has 16 heavy (non-hydrogen) atoms. The molecule has 2 aliphatic heterocycles. The minimum Gasteiger partial charge on any atom is -0.463 e. The number of rotatable bonds is 2. The van der Waals surface area contributed by atoms with Crippen molar-refractivity contribution in [2.45, 2.75) is 49.9 Å². The van der Waals surface area contributed by atoms with Crippen LogP contribution in [-0.4, -0.2) is 41.7 Å². The van der Waals surface area contributed by atoms with Crippen LogP contribution in [0.3, 0.4) is 0 Å². The first-order chi connectivity index (χ1) is 7.39. The topological polar surface area (TPSA) is 54.0 Å². The molecule has 0 aromatic rings. The fourth-order valence-electron chi connectivity index (χ4n) is 1.96. The number of ether oxygens (including phenoxy) is 4. The van der Waals surface area contributed by atoms with E-state index in [1.807, 2.05) is 13.8 Å². The number of esters is 1. The average molecular weight is 295 g/mol. The second-order valence-electron chi connectivity index (χ2n) is 4.39. The van der Waals surface area contributed by atoms with Crippen molar-refractivity contribution in [2.75, 3.05) is 6.61 Å². The summed E-state index contributed by atoms with van der Waals surface area (Å²) in [6, 6.07) is 0. The molecule has 2 rings (SSSR count). The van der Waals surface area contributed by atoms with Crippen LogP contribution < -0.4 is 0 Å². The molecule has 4 atom stereocenters. The highest BCUT2D eigenvalue weighted by Gasteiger charge is 2.54. The summed E-state index contributed by atoms with van der Waals surface area (Å²) in [5.74, 6) is -0.934. The molecule has 2 aliphatic rings. The van der Waals surface area contributed by atoms with E-state index >= 15 is 0 Å². The molecule has 2 fully saturated rings. The quantitative estimate of drug-likeness (QED) is 0.566. The molecule has 0 bridgehead atoms. The third kappa shape index (κ3) is 2.40. The highest BCUT2D eigenvalue weighted by molar-refractivity contribution is 9.09. The predicted molar refractivity (Wildman–Crippen MR) is 58.0 cm³/mol. The van der Waals surface area contributed by atoms with Crippen molar-refractivity contribution >= 4 is 21.9 Å². The molecule has 0 N–H and O–H groups in total. The van der Waals surface area contributed by atoms with Crippen molar-refractivity contribution in [1.82, 2.24) is 0 Å². The first kappa shape index (κ1) is 12.3. The van der Waals surface area contributed by atoms with Gasteiger partial charge in [-0.25, -0.2) is 0 Å². The zero-order valence-electron chi connectivity index (χ0n) is 9.44. The molecule has 0 aromatic heterocycles. The summed E-state index contributed by atoms with van der Waals surface area (Å²) in [5.41, 5.74) is 0. The van der Waals surface area contributed by atoms with Gasteiger partial charge < -0.3 is 18.9 Å². The van der Waals surface area contributed by atoms with E-state index < -0.39 is 5.79 Å². The van der Waals surface area contributed by atoms with Gasteiger partial charge in [0.1, 0.15) is 29.9 Å². The Morgan fingerprint density at radius 3 is 2.62 bits per heavy atom. The zero-order valence-corrected chi connectivity index (χ0v) is 11.0. The third-order valence-electron chi connectivity index (χ3n) is 2.54. The number of hydrogen-bond donors (Lipinski definition) is 0. The monoisotopic (exact) mass is 294 g/mol. The molecule has 0 aliphatic carbocycles. The molecule has 0 aromatic carbocycles. The van der Waals surface area contributed by atoms with Crippen LogP contribution >= 0.6 is 15.9 Å². The molecule has 2 saturated heterocycles. The predicted octanol–water partition coefficient (Wildman–Crippen LogP) is 1.19. The van der Waals surface area contributed by atoms with Gasteiger partial charge >= 0.3 is 5.97 Å². The molecule has 0 unspecified atom stereocenters. The van der Waals surface area contributed by atoms with Crippen LogP contribution in [0, 0.1) is 0 Å². The Morgan fingerprint density at radius 1 is 1.38 bits per heavy atom. The Bertz CT molecular complexity index is 293. The summed E-state index contributed by atoms with van der Waals surface area (Å²) >= 11 is 3.38. The molecular weight excluding hydrogens is 280 g/mol. The Balaban J connectivity index is 1.99. The Morgan fingerprint density at radius 2 is 2.00 bits per heavy atom. The lowest BCUT2D eigenvalue weighted by Gasteiger charge is -2.22. The summed E-state index contributed by atoms with van der Waals surface area (Å²) in [6.07, 6.45) is -0.630. The smallest absolute Gasteiger partial charge is 0.302 e. The molecule has 2 heterocycles. The molecular formula is C10H15BrO5. The van der Waals surface area contributed by atoms with E-state index in [0.29, 0.717) is 0 Å². The van der Waals surface area contributed by atoms with E-state index in [2.05, 4.69) is 15.9 Å². The van der Waals surface area contributed by atoms with Crippen molar-refractivity contribution in [1.29, 1.82) is 0 Å². The van der Waals surface area contributed by atoms with E-state index in [4.69, 9.17) is 18.9 Å². The number of hydrogen-bond acceptors (Lipinski definition) is 5. The average Bonchev–Trinajstić information content (AvgIpc) is 2.59. The lowest BCUT2D eigenvalue weighted by atomic mass is 10.2. The Kier molecular flexibility index (Phi) is 3.27. The molecule has 0 radical (unpaired) electrons. The first-order valence-electron chi connectivity index (χ1n) is 5.17. The maximum Gasteiger partial charge on any atom is 0.302 e. The van der Waals surface area contributed by atoms with Crippen LogP contribution in [0.25, 0.3) is 0 Å². The fourth-order valence-corrected chi connectivity index (χ4v) is 2.65. The second-order valence-corrected chi connectivity index (χ2v) is 5.30. The number of halogens is 1. The van der Waals surface area contributed by atoms with E-state index in [-0.39, 0.29) is 35.9 Å². The Hall–Kier alpha value is -0.170. The van der Waals surface area contributed by atoms with Crippen molar-refractivity contribution in [3.05, 3.63) is 0 Å². The summed E-state index contributed by atoms with van der Waals surface area (Å²) in [6.45, 7) is 5.27. The molecule has 5 nitrogen and oxygen atoms in total. The van der Waals surface area contributed by atoms with Gasteiger partial charge in [-0.2, -0.15) is 0 Å². The van der Waals surface area contributed by atoms with Gasteiger partial charge in [-0.15, -0.1) is 0 Å². The summed E-state index contributed by atoms with van der Waals surface area (Å²) in [7, 11) is 0. The van der Waals surface area contributed by atoms with Crippen molar-refractivity contribution in [3.63, 3.8) is 0 Å². The van der Waals surface area contributed by atoms with Crippen LogP contribution in [-0.2, 0) is 23.7 Å². The van der Waals surface area contributed by atoms with Crippen LogP contribution in [0.1, 0.15) is 20.8 Å². The van der Waals surface area contributed by atoms with Crippen molar-refractivity contribution in [2.24, 2.45) is 0 Å². The molecule has 0 saturated carbocycles. The lowest BCUT2D eigenvalue weighted by Crippen LogP contribution is -2.33. The molecule has 92 valence electrons. The molecule has 0 amide bonds. The highest BCUT2D eigenvalue weighted by atomic mass is 79.9. The molecule has 0 spiro atoms. The van der Waals surface area contributed by atoms with Gasteiger partial charge in [-0.1, -0.05) is 15.9 Å². The van der Waals surface area contributed by atoms with Crippen LogP contribution in [0.15, 0.2) is 0 Å². The number of carbonyl (C=O) groups excluding carboxylic acids is 1. The van der Waals surface area contributed by atoms with Crippen molar-refractivity contribution < 1.29 is 23.7 Å². The fraction of sp³-hybridized carbons (Fsp3) is 0.900. The van der Waals surface area contributed by atoms with E-state index in [1.165, 1.54) is 6.92 Å². The minimum absolute atomic E-state index is 0.157. The zero-order chi connectivity index (χ0) is 11.9. The van der Waals surface area contributed by atoms with Gasteiger partial charge in [0, 0.05) is 6.92 Å². The van der Waals surface area contributed by atoms with Gasteiger partial charge in [0.05, 0.1) is 0 Å². The van der Waals surface area contributed by atoms with E-state index in [0.717, 1.165) is 0 Å².